The largest absolute Gasteiger partial charge is 0.324 e. The molecule has 128 valence electrons. The SMILES string of the molecule is CNSc1cccc(Nc2ncnc(Nc3cc(Cl)cc(Cl)c3)n2)c1. The zero-order valence-corrected chi connectivity index (χ0v) is 15.5. The molecule has 0 radical (unpaired) electrons. The normalized spacial score (nSPS) is 10.5. The molecule has 0 aliphatic heterocycles. The Hall–Kier alpha value is -2.06. The molecule has 6 nitrogen and oxygen atoms in total. The van der Waals surface area contributed by atoms with E-state index in [1.165, 1.54) is 18.3 Å². The van der Waals surface area contributed by atoms with Gasteiger partial charge in [0.1, 0.15) is 6.33 Å². The topological polar surface area (TPSA) is 74.8 Å². The maximum Gasteiger partial charge on any atom is 0.232 e. The van der Waals surface area contributed by atoms with Gasteiger partial charge in [-0.2, -0.15) is 4.98 Å². The van der Waals surface area contributed by atoms with Crippen molar-refractivity contribution >= 4 is 58.4 Å². The van der Waals surface area contributed by atoms with Crippen LogP contribution in [0.1, 0.15) is 0 Å². The Morgan fingerprint density at radius 3 is 2.24 bits per heavy atom. The molecule has 0 aliphatic carbocycles. The maximum absolute atomic E-state index is 6.00. The second kappa shape index (κ2) is 8.35. The van der Waals surface area contributed by atoms with Crippen molar-refractivity contribution in [2.45, 2.75) is 4.90 Å². The van der Waals surface area contributed by atoms with E-state index in [0.717, 1.165) is 10.6 Å². The van der Waals surface area contributed by atoms with Crippen LogP contribution in [0.5, 0.6) is 0 Å². The number of anilines is 4. The Kier molecular flexibility index (Phi) is 5.93. The van der Waals surface area contributed by atoms with E-state index in [9.17, 15) is 0 Å². The molecule has 3 aromatic rings. The van der Waals surface area contributed by atoms with E-state index in [2.05, 4.69) is 30.3 Å². The van der Waals surface area contributed by atoms with Crippen molar-refractivity contribution in [2.24, 2.45) is 0 Å². The lowest BCUT2D eigenvalue weighted by Gasteiger charge is -2.09. The Bertz CT molecular complexity index is 856. The van der Waals surface area contributed by atoms with Gasteiger partial charge in [-0.3, -0.25) is 4.72 Å². The third kappa shape index (κ3) is 5.20. The number of nitrogens with one attached hydrogen (secondary N) is 3. The molecule has 0 aliphatic rings. The van der Waals surface area contributed by atoms with Gasteiger partial charge in [0.05, 0.1) is 0 Å². The van der Waals surface area contributed by atoms with Crippen molar-refractivity contribution < 1.29 is 0 Å². The quantitative estimate of drug-likeness (QED) is 0.515. The molecule has 0 saturated heterocycles. The van der Waals surface area contributed by atoms with Crippen molar-refractivity contribution in [1.29, 1.82) is 0 Å². The second-order valence-electron chi connectivity index (χ2n) is 4.87. The summed E-state index contributed by atoms with van der Waals surface area (Å²) in [5.41, 5.74) is 1.57. The van der Waals surface area contributed by atoms with Crippen LogP contribution in [0.2, 0.25) is 10.0 Å². The summed E-state index contributed by atoms with van der Waals surface area (Å²) >= 11 is 13.5. The second-order valence-corrected chi connectivity index (χ2v) is 6.83. The van der Waals surface area contributed by atoms with Gasteiger partial charge in [-0.25, -0.2) is 9.97 Å². The van der Waals surface area contributed by atoms with Crippen LogP contribution in [0.15, 0.2) is 53.7 Å². The first-order valence-corrected chi connectivity index (χ1v) is 8.82. The number of benzene rings is 2. The van der Waals surface area contributed by atoms with Crippen LogP contribution < -0.4 is 15.4 Å². The molecule has 2 aromatic carbocycles. The first-order chi connectivity index (χ1) is 12.1. The molecule has 0 amide bonds. The summed E-state index contributed by atoms with van der Waals surface area (Å²) in [6.45, 7) is 0. The van der Waals surface area contributed by atoms with E-state index in [1.54, 1.807) is 18.2 Å². The molecule has 1 heterocycles. The third-order valence-corrected chi connectivity index (χ3v) is 4.13. The lowest BCUT2D eigenvalue weighted by Crippen LogP contribution is -2.03. The van der Waals surface area contributed by atoms with Crippen LogP contribution in [0, 0.1) is 0 Å². The fourth-order valence-corrected chi connectivity index (χ4v) is 3.15. The minimum Gasteiger partial charge on any atom is -0.324 e. The molecule has 1 aromatic heterocycles. The first-order valence-electron chi connectivity index (χ1n) is 7.25. The molecule has 0 atom stereocenters. The third-order valence-electron chi connectivity index (χ3n) is 3.00. The van der Waals surface area contributed by atoms with E-state index < -0.39 is 0 Å². The number of nitrogens with zero attached hydrogens (tertiary/aromatic N) is 3. The zero-order chi connectivity index (χ0) is 17.6. The lowest BCUT2D eigenvalue weighted by atomic mass is 10.3. The summed E-state index contributed by atoms with van der Waals surface area (Å²) in [6, 6.07) is 13.0. The predicted molar refractivity (Wildman–Crippen MR) is 104 cm³/mol. The molecule has 0 unspecified atom stereocenters. The smallest absolute Gasteiger partial charge is 0.232 e. The fraction of sp³-hybridized carbons (Fsp3) is 0.0625. The standard InChI is InChI=1S/C16H14Cl2N6S/c1-19-25-14-4-2-3-12(8-14)22-15-20-9-21-16(24-15)23-13-6-10(17)5-11(18)7-13/h2-9,19H,1H3,(H2,20,21,22,23,24). The number of aromatic nitrogens is 3. The molecule has 0 saturated carbocycles. The van der Waals surface area contributed by atoms with Crippen molar-refractivity contribution in [3.05, 3.63) is 58.8 Å². The highest BCUT2D eigenvalue weighted by molar-refractivity contribution is 7.97. The van der Waals surface area contributed by atoms with Crippen LogP contribution in [0.4, 0.5) is 23.3 Å². The monoisotopic (exact) mass is 392 g/mol. The first kappa shape index (κ1) is 17.8. The average Bonchev–Trinajstić information content (AvgIpc) is 2.55. The molecular weight excluding hydrogens is 379 g/mol. The summed E-state index contributed by atoms with van der Waals surface area (Å²) in [4.78, 5) is 13.7. The zero-order valence-electron chi connectivity index (χ0n) is 13.1. The summed E-state index contributed by atoms with van der Waals surface area (Å²) in [7, 11) is 1.87. The Balaban J connectivity index is 1.76. The van der Waals surface area contributed by atoms with Gasteiger partial charge in [0.15, 0.2) is 0 Å². The number of halogens is 2. The van der Waals surface area contributed by atoms with E-state index >= 15 is 0 Å². The van der Waals surface area contributed by atoms with Gasteiger partial charge in [-0.15, -0.1) is 0 Å². The molecule has 0 fully saturated rings. The number of hydrogen-bond acceptors (Lipinski definition) is 7. The molecule has 3 N–H and O–H groups in total. The highest BCUT2D eigenvalue weighted by Crippen LogP contribution is 2.25. The molecule has 3 rings (SSSR count). The van der Waals surface area contributed by atoms with Gasteiger partial charge in [0.2, 0.25) is 11.9 Å². The van der Waals surface area contributed by atoms with Crippen LogP contribution in [-0.2, 0) is 0 Å². The van der Waals surface area contributed by atoms with E-state index in [4.69, 9.17) is 23.2 Å². The van der Waals surface area contributed by atoms with E-state index in [-0.39, 0.29) is 0 Å². The van der Waals surface area contributed by atoms with Gasteiger partial charge in [0.25, 0.3) is 0 Å². The van der Waals surface area contributed by atoms with Gasteiger partial charge in [-0.05, 0) is 55.4 Å². The molecule has 9 heteroatoms. The van der Waals surface area contributed by atoms with E-state index in [1.807, 2.05) is 31.3 Å². The van der Waals surface area contributed by atoms with Crippen LogP contribution in [-0.4, -0.2) is 22.0 Å². The maximum atomic E-state index is 6.00. The highest BCUT2D eigenvalue weighted by Gasteiger charge is 2.05. The Labute approximate surface area is 159 Å². The predicted octanol–water partition coefficient (Wildman–Crippen LogP) is 4.89. The average molecular weight is 393 g/mol. The fourth-order valence-electron chi connectivity index (χ4n) is 2.06. The molecule has 0 bridgehead atoms. The van der Waals surface area contributed by atoms with Gasteiger partial charge >= 0.3 is 0 Å². The highest BCUT2D eigenvalue weighted by atomic mass is 35.5. The summed E-state index contributed by atoms with van der Waals surface area (Å²) in [5.74, 6) is 0.814. The van der Waals surface area contributed by atoms with Crippen LogP contribution >= 0.6 is 35.1 Å². The van der Waals surface area contributed by atoms with Gasteiger partial charge < -0.3 is 10.6 Å². The van der Waals surface area contributed by atoms with Crippen molar-refractivity contribution in [3.8, 4) is 0 Å². The van der Waals surface area contributed by atoms with Gasteiger partial charge in [0, 0.05) is 26.3 Å². The van der Waals surface area contributed by atoms with Crippen LogP contribution in [0.25, 0.3) is 0 Å². The minimum atomic E-state index is 0.386. The Morgan fingerprint density at radius 1 is 0.880 bits per heavy atom. The lowest BCUT2D eigenvalue weighted by molar-refractivity contribution is 1.06. The molecular formula is C16H14Cl2N6S. The van der Waals surface area contributed by atoms with Crippen LogP contribution in [0.3, 0.4) is 0 Å². The van der Waals surface area contributed by atoms with E-state index in [0.29, 0.717) is 27.6 Å². The summed E-state index contributed by atoms with van der Waals surface area (Å²) < 4.78 is 3.04. The summed E-state index contributed by atoms with van der Waals surface area (Å²) in [6.07, 6.45) is 1.43. The van der Waals surface area contributed by atoms with Crippen molar-refractivity contribution in [3.63, 3.8) is 0 Å². The van der Waals surface area contributed by atoms with Gasteiger partial charge in [-0.1, -0.05) is 29.3 Å². The number of rotatable bonds is 6. The van der Waals surface area contributed by atoms with Crippen molar-refractivity contribution in [1.82, 2.24) is 19.7 Å². The minimum absolute atomic E-state index is 0.386. The molecule has 25 heavy (non-hydrogen) atoms. The van der Waals surface area contributed by atoms with Crippen molar-refractivity contribution in [2.75, 3.05) is 17.7 Å². The summed E-state index contributed by atoms with van der Waals surface area (Å²) in [5, 5.41) is 7.27. The molecule has 0 spiro atoms. The Morgan fingerprint density at radius 2 is 1.56 bits per heavy atom. The number of hydrogen-bond donors (Lipinski definition) is 3.